The number of hydrogen-bond donors (Lipinski definition) is 1. The highest BCUT2D eigenvalue weighted by atomic mass is 32.1. The van der Waals surface area contributed by atoms with Gasteiger partial charge in [0.15, 0.2) is 5.01 Å². The normalized spacial score (nSPS) is 17.2. The fourth-order valence-electron chi connectivity index (χ4n) is 1.78. The van der Waals surface area contributed by atoms with Gasteiger partial charge in [0.05, 0.1) is 0 Å². The van der Waals surface area contributed by atoms with Crippen LogP contribution in [0.4, 0.5) is 0 Å². The lowest BCUT2D eigenvalue weighted by Crippen LogP contribution is -2.32. The molecule has 0 radical (unpaired) electrons. The van der Waals surface area contributed by atoms with E-state index in [4.69, 9.17) is 0 Å². The van der Waals surface area contributed by atoms with Crippen LogP contribution in [0.15, 0.2) is 6.20 Å². The zero-order valence-electron chi connectivity index (χ0n) is 8.25. The number of hydrogen-bond acceptors (Lipinski definition) is 3. The number of thiazole rings is 1. The predicted molar refractivity (Wildman–Crippen MR) is 58.7 cm³/mol. The van der Waals surface area contributed by atoms with E-state index in [1.54, 1.807) is 6.20 Å². The van der Waals surface area contributed by atoms with Gasteiger partial charge in [-0.1, -0.05) is 12.8 Å². The molecule has 4 heteroatoms. The number of nitrogens with zero attached hydrogens (tertiary/aromatic N) is 1. The first-order valence-electron chi connectivity index (χ1n) is 4.99. The minimum Gasteiger partial charge on any atom is -0.347 e. The molecule has 0 aliphatic heterocycles. The number of carbonyl (C=O) groups is 1. The van der Waals surface area contributed by atoms with Crippen LogP contribution in [0.25, 0.3) is 0 Å². The summed E-state index contributed by atoms with van der Waals surface area (Å²) in [6.45, 7) is 1.96. The molecule has 0 aromatic carbocycles. The molecule has 0 saturated heterocycles. The molecule has 1 saturated carbocycles. The van der Waals surface area contributed by atoms with Gasteiger partial charge in [-0.15, -0.1) is 11.3 Å². The van der Waals surface area contributed by atoms with Gasteiger partial charge >= 0.3 is 0 Å². The Morgan fingerprint density at radius 3 is 2.93 bits per heavy atom. The van der Waals surface area contributed by atoms with Gasteiger partial charge in [-0.3, -0.25) is 4.79 Å². The molecule has 1 aliphatic rings. The third-order valence-electron chi connectivity index (χ3n) is 2.51. The Morgan fingerprint density at radius 2 is 2.36 bits per heavy atom. The van der Waals surface area contributed by atoms with E-state index in [0.717, 1.165) is 17.7 Å². The van der Waals surface area contributed by atoms with Crippen LogP contribution < -0.4 is 5.32 Å². The van der Waals surface area contributed by atoms with Crippen LogP contribution >= 0.6 is 11.3 Å². The van der Waals surface area contributed by atoms with Gasteiger partial charge in [0.25, 0.3) is 5.91 Å². The molecule has 1 aromatic heterocycles. The summed E-state index contributed by atoms with van der Waals surface area (Å²) in [5.41, 5.74) is 0. The topological polar surface area (TPSA) is 42.0 Å². The molecule has 78 valence electrons. The Bertz CT molecular complexity index is 334. The molecule has 1 aliphatic carbocycles. The van der Waals surface area contributed by atoms with Crippen molar-refractivity contribution < 1.29 is 6.22 Å². The molecule has 0 unspecified atom stereocenters. The highest BCUT2D eigenvalue weighted by molar-refractivity contribution is 7.13. The Labute approximate surface area is 89.0 Å². The van der Waals surface area contributed by atoms with E-state index in [1.165, 1.54) is 24.2 Å². The fourth-order valence-corrected chi connectivity index (χ4v) is 2.44. The standard InChI is InChI=1S/C10H14N2OS.H2/c1-7-6-11-10(14-7)9(13)12-8-4-2-3-5-8;/h6,8H,2-5H2,1H3,(H,12,13);1H. The number of carbonyl (C=O) groups excluding carboxylic acids is 1. The van der Waals surface area contributed by atoms with E-state index in [0.29, 0.717) is 11.0 Å². The summed E-state index contributed by atoms with van der Waals surface area (Å²) >= 11 is 1.46. The van der Waals surface area contributed by atoms with Gasteiger partial charge in [-0.05, 0) is 19.8 Å². The van der Waals surface area contributed by atoms with Crippen LogP contribution in [0.2, 0.25) is 0 Å². The molecule has 3 nitrogen and oxygen atoms in total. The molecule has 14 heavy (non-hydrogen) atoms. The van der Waals surface area contributed by atoms with Crippen LogP contribution in [-0.2, 0) is 0 Å². The van der Waals surface area contributed by atoms with Gasteiger partial charge in [-0.2, -0.15) is 0 Å². The van der Waals surface area contributed by atoms with Crippen molar-refractivity contribution in [2.45, 2.75) is 38.6 Å². The summed E-state index contributed by atoms with van der Waals surface area (Å²) in [5.74, 6) is -0.00463. The lowest BCUT2D eigenvalue weighted by molar-refractivity contribution is 0.0937. The number of aromatic nitrogens is 1. The van der Waals surface area contributed by atoms with E-state index in [9.17, 15) is 4.79 Å². The lowest BCUT2D eigenvalue weighted by Gasteiger charge is -2.09. The zero-order chi connectivity index (χ0) is 9.97. The molecular formula is C10H16N2OS. The molecule has 0 bridgehead atoms. The summed E-state index contributed by atoms with van der Waals surface area (Å²) in [5, 5.41) is 3.61. The predicted octanol–water partition coefficient (Wildman–Crippen LogP) is 2.37. The highest BCUT2D eigenvalue weighted by Crippen LogP contribution is 2.19. The van der Waals surface area contributed by atoms with Crippen LogP contribution in [0.1, 0.15) is 41.8 Å². The maximum absolute atomic E-state index is 11.7. The third-order valence-corrected chi connectivity index (χ3v) is 3.42. The van der Waals surface area contributed by atoms with E-state index < -0.39 is 0 Å². The Kier molecular flexibility index (Phi) is 2.82. The third kappa shape index (κ3) is 2.12. The monoisotopic (exact) mass is 212 g/mol. The number of nitrogens with one attached hydrogen (secondary N) is 1. The average molecular weight is 212 g/mol. The van der Waals surface area contributed by atoms with Crippen LogP contribution in [-0.4, -0.2) is 16.9 Å². The van der Waals surface area contributed by atoms with Gasteiger partial charge in [0.1, 0.15) is 0 Å². The summed E-state index contributed by atoms with van der Waals surface area (Å²) in [7, 11) is 0. The summed E-state index contributed by atoms with van der Waals surface area (Å²) in [6, 6.07) is 0.381. The molecule has 1 heterocycles. The summed E-state index contributed by atoms with van der Waals surface area (Å²) in [6.07, 6.45) is 6.46. The quantitative estimate of drug-likeness (QED) is 0.817. The molecule has 2 rings (SSSR count). The average Bonchev–Trinajstić information content (AvgIpc) is 2.75. The van der Waals surface area contributed by atoms with Gasteiger partial charge in [0.2, 0.25) is 0 Å². The number of amides is 1. The van der Waals surface area contributed by atoms with Crippen molar-refractivity contribution in [3.8, 4) is 0 Å². The van der Waals surface area contributed by atoms with Crippen molar-refractivity contribution in [2.24, 2.45) is 0 Å². The first kappa shape index (κ1) is 9.65. The van der Waals surface area contributed by atoms with Crippen molar-refractivity contribution in [2.75, 3.05) is 0 Å². The van der Waals surface area contributed by atoms with Crippen molar-refractivity contribution in [1.82, 2.24) is 10.3 Å². The minimum absolute atomic E-state index is 0. The second-order valence-electron chi connectivity index (χ2n) is 3.73. The maximum Gasteiger partial charge on any atom is 0.280 e. The Balaban J connectivity index is 0.00000112. The highest BCUT2D eigenvalue weighted by Gasteiger charge is 2.19. The van der Waals surface area contributed by atoms with Gasteiger partial charge in [0, 0.05) is 18.5 Å². The first-order valence-corrected chi connectivity index (χ1v) is 5.80. The zero-order valence-corrected chi connectivity index (χ0v) is 9.06. The lowest BCUT2D eigenvalue weighted by atomic mass is 10.2. The molecule has 1 amide bonds. The van der Waals surface area contributed by atoms with Crippen molar-refractivity contribution in [3.05, 3.63) is 16.1 Å². The SMILES string of the molecule is Cc1cnc(C(=O)NC2CCCC2)s1.[HH]. The number of rotatable bonds is 2. The van der Waals surface area contributed by atoms with Crippen LogP contribution in [0, 0.1) is 6.92 Å². The molecule has 1 fully saturated rings. The molecule has 0 spiro atoms. The molecular weight excluding hydrogens is 196 g/mol. The molecule has 1 aromatic rings. The first-order chi connectivity index (χ1) is 6.75. The second kappa shape index (κ2) is 4.09. The van der Waals surface area contributed by atoms with Crippen LogP contribution in [0.3, 0.4) is 0 Å². The van der Waals surface area contributed by atoms with Crippen molar-refractivity contribution in [1.29, 1.82) is 0 Å². The van der Waals surface area contributed by atoms with E-state index in [-0.39, 0.29) is 7.33 Å². The van der Waals surface area contributed by atoms with Crippen molar-refractivity contribution in [3.63, 3.8) is 0 Å². The molecule has 1 N–H and O–H groups in total. The summed E-state index contributed by atoms with van der Waals surface area (Å²) < 4.78 is 0. The summed E-state index contributed by atoms with van der Waals surface area (Å²) in [4.78, 5) is 16.8. The van der Waals surface area contributed by atoms with E-state index in [1.807, 2.05) is 6.92 Å². The van der Waals surface area contributed by atoms with Gasteiger partial charge in [-0.25, -0.2) is 4.98 Å². The second-order valence-corrected chi connectivity index (χ2v) is 4.97. The largest absolute Gasteiger partial charge is 0.347 e. The van der Waals surface area contributed by atoms with Crippen LogP contribution in [0.5, 0.6) is 0 Å². The molecule has 0 atom stereocenters. The maximum atomic E-state index is 11.7. The Hall–Kier alpha value is -0.900. The fraction of sp³-hybridized carbons (Fsp3) is 0.600. The van der Waals surface area contributed by atoms with E-state index >= 15 is 0 Å². The minimum atomic E-state index is -0.00463. The smallest absolute Gasteiger partial charge is 0.280 e. The van der Waals surface area contributed by atoms with Gasteiger partial charge < -0.3 is 5.32 Å². The van der Waals surface area contributed by atoms with E-state index in [2.05, 4.69) is 10.3 Å². The number of aryl methyl sites for hydroxylation is 1. The Morgan fingerprint density at radius 1 is 1.64 bits per heavy atom. The van der Waals surface area contributed by atoms with Crippen molar-refractivity contribution >= 4 is 17.2 Å².